The second-order valence-electron chi connectivity index (χ2n) is 5.17. The molecule has 114 valence electrons. The van der Waals surface area contributed by atoms with Crippen LogP contribution in [0.15, 0.2) is 35.2 Å². The number of carbonyl (C=O) groups excluding carboxylic acids is 1. The molecular weight excluding hydrogens is 296 g/mol. The van der Waals surface area contributed by atoms with E-state index in [1.54, 1.807) is 10.9 Å². The highest BCUT2D eigenvalue weighted by Crippen LogP contribution is 2.27. The van der Waals surface area contributed by atoms with E-state index in [2.05, 4.69) is 0 Å². The predicted molar refractivity (Wildman–Crippen MR) is 78.1 cm³/mol. The summed E-state index contributed by atoms with van der Waals surface area (Å²) < 4.78 is 38.6. The van der Waals surface area contributed by atoms with Gasteiger partial charge in [0.1, 0.15) is 6.10 Å². The minimum atomic E-state index is -4.21. The highest BCUT2D eigenvalue weighted by Gasteiger charge is 2.40. The van der Waals surface area contributed by atoms with E-state index in [1.807, 2.05) is 0 Å². The van der Waals surface area contributed by atoms with Crippen LogP contribution in [-0.2, 0) is 14.6 Å². The maximum absolute atomic E-state index is 14.3. The Morgan fingerprint density at radius 3 is 2.67 bits per heavy atom. The molecule has 1 aromatic rings. The molecule has 0 aliphatic carbocycles. The first kappa shape index (κ1) is 16.1. The van der Waals surface area contributed by atoms with Crippen molar-refractivity contribution >= 4 is 23.4 Å². The van der Waals surface area contributed by atoms with Crippen LogP contribution >= 0.6 is 0 Å². The highest BCUT2D eigenvalue weighted by molar-refractivity contribution is 7.92. The van der Waals surface area contributed by atoms with Gasteiger partial charge in [0, 0.05) is 5.92 Å². The van der Waals surface area contributed by atoms with Gasteiger partial charge >= 0.3 is 0 Å². The van der Waals surface area contributed by atoms with Crippen molar-refractivity contribution < 1.29 is 22.7 Å². The van der Waals surface area contributed by atoms with Gasteiger partial charge in [0.2, 0.25) is 15.3 Å². The molecule has 3 atom stereocenters. The molecule has 8 heteroatoms. The minimum Gasteiger partial charge on any atom is -0.389 e. The van der Waals surface area contributed by atoms with Crippen molar-refractivity contribution in [1.29, 1.82) is 0 Å². The zero-order chi connectivity index (χ0) is 15.5. The smallest absolute Gasteiger partial charge is 0.281 e. The van der Waals surface area contributed by atoms with E-state index in [1.165, 1.54) is 24.3 Å². The van der Waals surface area contributed by atoms with Gasteiger partial charge in [-0.05, 0) is 31.6 Å². The fourth-order valence-corrected chi connectivity index (χ4v) is 3.94. The Bertz CT molecular complexity index is 583. The van der Waals surface area contributed by atoms with Gasteiger partial charge < -0.3 is 14.7 Å². The number of halogens is 1. The highest BCUT2D eigenvalue weighted by atomic mass is 32.2. The number of sulfone groups is 1. The predicted octanol–water partition coefficient (Wildman–Crippen LogP) is -0.0196. The van der Waals surface area contributed by atoms with Crippen LogP contribution < -0.4 is 0 Å². The first-order valence-corrected chi connectivity index (χ1v) is 8.28. The van der Waals surface area contributed by atoms with E-state index < -0.39 is 27.4 Å². The van der Waals surface area contributed by atoms with Crippen LogP contribution in [-0.4, -0.2) is 56.6 Å². The topological polar surface area (TPSA) is 74.7 Å². The summed E-state index contributed by atoms with van der Waals surface area (Å²) in [6.07, 6.45) is -0.380. The Morgan fingerprint density at radius 1 is 1.38 bits per heavy atom. The maximum Gasteiger partial charge on any atom is 0.281 e. The van der Waals surface area contributed by atoms with Crippen LogP contribution in [0.25, 0.3) is 0 Å². The average Bonchev–Trinajstić information content (AvgIpc) is 2.95. The lowest BCUT2D eigenvalue weighted by molar-refractivity contribution is 0.0679. The van der Waals surface area contributed by atoms with Crippen molar-refractivity contribution in [1.82, 2.24) is 4.81 Å². The fraction of sp³-hybridized carbons (Fsp3) is 0.462. The molecule has 2 unspecified atom stereocenters. The zero-order valence-electron chi connectivity index (χ0n) is 11.4. The molecule has 1 aromatic carbocycles. The lowest BCUT2D eigenvalue weighted by atomic mass is 9.95. The number of benzene rings is 1. The second kappa shape index (κ2) is 6.68. The van der Waals surface area contributed by atoms with Crippen molar-refractivity contribution in [2.75, 3.05) is 13.1 Å². The number of alkyl halides is 1. The molecule has 21 heavy (non-hydrogen) atoms. The van der Waals surface area contributed by atoms with Gasteiger partial charge in [-0.3, -0.25) is 0 Å². The normalized spacial score (nSPS) is 22.7. The van der Waals surface area contributed by atoms with Crippen LogP contribution in [0.2, 0.25) is 0 Å². The van der Waals surface area contributed by atoms with Gasteiger partial charge in [-0.25, -0.2) is 12.8 Å². The van der Waals surface area contributed by atoms with Crippen molar-refractivity contribution in [3.8, 4) is 0 Å². The molecule has 0 saturated carbocycles. The quantitative estimate of drug-likeness (QED) is 0.590. The maximum atomic E-state index is 14.3. The second-order valence-corrected chi connectivity index (χ2v) is 7.19. The summed E-state index contributed by atoms with van der Waals surface area (Å²) in [5.74, 6) is -0.488. The van der Waals surface area contributed by atoms with Gasteiger partial charge in [-0.2, -0.15) is 0 Å². The van der Waals surface area contributed by atoms with Crippen molar-refractivity contribution in [3.05, 3.63) is 30.3 Å². The van der Waals surface area contributed by atoms with Crippen LogP contribution in [0.1, 0.15) is 6.42 Å². The van der Waals surface area contributed by atoms with Crippen molar-refractivity contribution in [2.45, 2.75) is 22.9 Å². The standard InChI is InChI=1S/C13H17BFNO4S/c15-13(21(19,20)11-4-2-1-3-5-11)12(18)10-6-7-16(8-10)14-9-17/h1-5,9-10,12-14,18H,6-8H2/t10-,12?,13?/m0/s1. The molecule has 1 N–H and O–H groups in total. The van der Waals surface area contributed by atoms with Crippen LogP contribution in [0, 0.1) is 5.92 Å². The van der Waals surface area contributed by atoms with E-state index in [0.717, 1.165) is 6.19 Å². The van der Waals surface area contributed by atoms with Crippen LogP contribution in [0.4, 0.5) is 4.39 Å². The number of hydrogen-bond donors (Lipinski definition) is 1. The third-order valence-corrected chi connectivity index (χ3v) is 5.56. The number of aliphatic hydroxyl groups is 1. The van der Waals surface area contributed by atoms with Gasteiger partial charge in [-0.1, -0.05) is 18.2 Å². The van der Waals surface area contributed by atoms with E-state index in [9.17, 15) is 22.7 Å². The van der Waals surface area contributed by atoms with Gasteiger partial charge in [0.25, 0.3) is 7.41 Å². The Morgan fingerprint density at radius 2 is 2.05 bits per heavy atom. The minimum absolute atomic E-state index is 0.140. The summed E-state index contributed by atoms with van der Waals surface area (Å²) in [5, 5.41) is 10.0. The van der Waals surface area contributed by atoms with E-state index in [-0.39, 0.29) is 12.3 Å². The Balaban J connectivity index is 2.09. The SMILES string of the molecule is O=CBN1CC[C@H](C(O)C(F)S(=O)(=O)c2ccccc2)C1. The van der Waals surface area contributed by atoms with Gasteiger partial charge in [0.15, 0.2) is 0 Å². The van der Waals surface area contributed by atoms with Crippen LogP contribution in [0.3, 0.4) is 0 Å². The summed E-state index contributed by atoms with van der Waals surface area (Å²) >= 11 is 0. The number of hydrogen-bond acceptors (Lipinski definition) is 5. The van der Waals surface area contributed by atoms with E-state index in [0.29, 0.717) is 19.5 Å². The van der Waals surface area contributed by atoms with E-state index >= 15 is 0 Å². The third kappa shape index (κ3) is 3.51. The molecule has 0 bridgehead atoms. The first-order chi connectivity index (χ1) is 9.96. The summed E-state index contributed by atoms with van der Waals surface area (Å²) in [7, 11) is -4.00. The molecule has 1 aliphatic heterocycles. The van der Waals surface area contributed by atoms with Crippen molar-refractivity contribution in [3.63, 3.8) is 0 Å². The fourth-order valence-electron chi connectivity index (χ4n) is 2.55. The number of nitrogens with zero attached hydrogens (tertiary/aromatic N) is 1. The number of carbonyl (C=O) groups is 1. The third-order valence-electron chi connectivity index (χ3n) is 3.76. The largest absolute Gasteiger partial charge is 0.389 e. The number of rotatable bonds is 6. The van der Waals surface area contributed by atoms with Gasteiger partial charge in [-0.15, -0.1) is 0 Å². The molecule has 1 fully saturated rings. The summed E-state index contributed by atoms with van der Waals surface area (Å²) in [6.45, 7) is 0.878. The molecule has 5 nitrogen and oxygen atoms in total. The van der Waals surface area contributed by atoms with Gasteiger partial charge in [0.05, 0.1) is 11.1 Å². The monoisotopic (exact) mass is 313 g/mol. The molecule has 1 heterocycles. The molecule has 0 spiro atoms. The van der Waals surface area contributed by atoms with E-state index in [4.69, 9.17) is 0 Å². The molecule has 0 amide bonds. The lowest BCUT2D eigenvalue weighted by Crippen LogP contribution is -2.38. The average molecular weight is 313 g/mol. The summed E-state index contributed by atoms with van der Waals surface area (Å²) in [4.78, 5) is 12.1. The van der Waals surface area contributed by atoms with Crippen LogP contribution in [0.5, 0.6) is 0 Å². The Hall–Kier alpha value is -1.25. The lowest BCUT2D eigenvalue weighted by Gasteiger charge is -2.22. The first-order valence-electron chi connectivity index (χ1n) is 6.74. The Kier molecular flexibility index (Phi) is 5.13. The molecule has 1 saturated heterocycles. The molecular formula is C13H17BFNO4S. The molecule has 0 radical (unpaired) electrons. The summed E-state index contributed by atoms with van der Waals surface area (Å²) in [5.41, 5.74) is -2.36. The Labute approximate surface area is 123 Å². The molecule has 0 aromatic heterocycles. The molecule has 2 rings (SSSR count). The summed E-state index contributed by atoms with van der Waals surface area (Å²) in [6, 6.07) is 7.27. The number of aliphatic hydroxyl groups excluding tert-OH is 1. The molecule has 1 aliphatic rings. The zero-order valence-corrected chi connectivity index (χ0v) is 12.2. The van der Waals surface area contributed by atoms with Crippen molar-refractivity contribution in [2.24, 2.45) is 5.92 Å².